The summed E-state index contributed by atoms with van der Waals surface area (Å²) in [5.74, 6) is 6.58. The van der Waals surface area contributed by atoms with Gasteiger partial charge in [0.1, 0.15) is 5.60 Å². The molecule has 2 heteroatoms. The van der Waals surface area contributed by atoms with E-state index in [-0.39, 0.29) is 0 Å². The Bertz CT molecular complexity index is 652. The molecular weight excluding hydrogens is 330 g/mol. The Morgan fingerprint density at radius 1 is 0.778 bits per heavy atom. The molecule has 2 aromatic carbocycles. The molecule has 0 aromatic heterocycles. The Morgan fingerprint density at radius 2 is 1.26 bits per heavy atom. The summed E-state index contributed by atoms with van der Waals surface area (Å²) in [6, 6.07) is 19.7. The van der Waals surface area contributed by atoms with E-state index in [4.69, 9.17) is 0 Å². The molecule has 0 spiro atoms. The van der Waals surface area contributed by atoms with Gasteiger partial charge in [-0.2, -0.15) is 0 Å². The predicted octanol–water partition coefficient (Wildman–Crippen LogP) is 5.22. The predicted molar refractivity (Wildman–Crippen MR) is 115 cm³/mol. The Kier molecular flexibility index (Phi) is 9.11. The number of unbranched alkanes of at least 4 members (excludes halogenated alkanes) is 2. The van der Waals surface area contributed by atoms with Crippen LogP contribution in [0, 0.1) is 11.8 Å². The number of aliphatic hydroxyl groups is 1. The van der Waals surface area contributed by atoms with Gasteiger partial charge >= 0.3 is 0 Å². The van der Waals surface area contributed by atoms with Crippen molar-refractivity contribution < 1.29 is 5.11 Å². The zero-order valence-electron chi connectivity index (χ0n) is 16.8. The van der Waals surface area contributed by atoms with Gasteiger partial charge in [-0.1, -0.05) is 99.2 Å². The maximum atomic E-state index is 11.5. The van der Waals surface area contributed by atoms with Gasteiger partial charge in [0.05, 0.1) is 6.54 Å². The molecule has 0 saturated heterocycles. The lowest BCUT2D eigenvalue weighted by molar-refractivity contribution is 0.0864. The van der Waals surface area contributed by atoms with Crippen molar-refractivity contribution in [3.63, 3.8) is 0 Å². The molecule has 1 N–H and O–H groups in total. The molecular formula is C25H33NO. The van der Waals surface area contributed by atoms with Crippen molar-refractivity contribution in [1.82, 2.24) is 4.90 Å². The van der Waals surface area contributed by atoms with Gasteiger partial charge in [0.25, 0.3) is 0 Å². The van der Waals surface area contributed by atoms with Crippen molar-refractivity contribution in [3.8, 4) is 11.8 Å². The third-order valence-electron chi connectivity index (χ3n) is 4.93. The molecule has 0 unspecified atom stereocenters. The molecule has 27 heavy (non-hydrogen) atoms. The normalized spacial score (nSPS) is 11.3. The first-order chi connectivity index (χ1) is 13.2. The highest BCUT2D eigenvalue weighted by Gasteiger charge is 2.30. The highest BCUT2D eigenvalue weighted by Crippen LogP contribution is 2.32. The van der Waals surface area contributed by atoms with Crippen molar-refractivity contribution in [3.05, 3.63) is 71.8 Å². The highest BCUT2D eigenvalue weighted by atomic mass is 16.3. The SMILES string of the molecule is CCCCN(CC#CCC(O)(c1ccccc1)c1ccccc1)CCCC. The Labute approximate surface area is 165 Å². The van der Waals surface area contributed by atoms with E-state index < -0.39 is 5.60 Å². The van der Waals surface area contributed by atoms with Crippen LogP contribution < -0.4 is 0 Å². The summed E-state index contributed by atoms with van der Waals surface area (Å²) in [6.45, 7) is 7.44. The Hall–Kier alpha value is -2.08. The molecule has 0 aliphatic rings. The third kappa shape index (κ3) is 6.54. The number of benzene rings is 2. The van der Waals surface area contributed by atoms with Crippen LogP contribution >= 0.6 is 0 Å². The number of nitrogens with zero attached hydrogens (tertiary/aromatic N) is 1. The van der Waals surface area contributed by atoms with Crippen molar-refractivity contribution in [2.75, 3.05) is 19.6 Å². The summed E-state index contributed by atoms with van der Waals surface area (Å²) in [5.41, 5.74) is 0.700. The molecule has 2 rings (SSSR count). The smallest absolute Gasteiger partial charge is 0.125 e. The molecule has 0 radical (unpaired) electrons. The second-order valence-electron chi connectivity index (χ2n) is 7.11. The van der Waals surface area contributed by atoms with E-state index in [1.54, 1.807) is 0 Å². The van der Waals surface area contributed by atoms with Crippen LogP contribution in [-0.2, 0) is 5.60 Å². The summed E-state index contributed by atoms with van der Waals surface area (Å²) < 4.78 is 0. The topological polar surface area (TPSA) is 23.5 Å². The quantitative estimate of drug-likeness (QED) is 0.585. The van der Waals surface area contributed by atoms with E-state index in [1.807, 2.05) is 60.7 Å². The number of hydrogen-bond donors (Lipinski definition) is 1. The van der Waals surface area contributed by atoms with Crippen LogP contribution in [0.1, 0.15) is 57.1 Å². The van der Waals surface area contributed by atoms with Crippen LogP contribution in [-0.4, -0.2) is 29.6 Å². The summed E-state index contributed by atoms with van der Waals surface area (Å²) in [7, 11) is 0. The van der Waals surface area contributed by atoms with Crippen molar-refractivity contribution in [1.29, 1.82) is 0 Å². The van der Waals surface area contributed by atoms with Gasteiger partial charge < -0.3 is 5.11 Å². The molecule has 0 heterocycles. The zero-order chi connectivity index (χ0) is 19.4. The molecule has 0 saturated carbocycles. The fourth-order valence-corrected chi connectivity index (χ4v) is 3.19. The molecule has 2 nitrogen and oxygen atoms in total. The minimum absolute atomic E-state index is 0.399. The van der Waals surface area contributed by atoms with E-state index in [2.05, 4.69) is 30.6 Å². The third-order valence-corrected chi connectivity index (χ3v) is 4.93. The first-order valence-corrected chi connectivity index (χ1v) is 10.2. The van der Waals surface area contributed by atoms with Crippen molar-refractivity contribution in [2.24, 2.45) is 0 Å². The van der Waals surface area contributed by atoms with Gasteiger partial charge in [0.15, 0.2) is 0 Å². The van der Waals surface area contributed by atoms with Crippen LogP contribution in [0.2, 0.25) is 0 Å². The van der Waals surface area contributed by atoms with E-state index >= 15 is 0 Å². The maximum Gasteiger partial charge on any atom is 0.125 e. The largest absolute Gasteiger partial charge is 0.379 e. The lowest BCUT2D eigenvalue weighted by atomic mass is 9.84. The Balaban J connectivity index is 2.12. The molecule has 0 aliphatic carbocycles. The first-order valence-electron chi connectivity index (χ1n) is 10.2. The highest BCUT2D eigenvalue weighted by molar-refractivity contribution is 5.37. The molecule has 0 fully saturated rings. The molecule has 0 atom stereocenters. The average Bonchev–Trinajstić information content (AvgIpc) is 2.73. The second kappa shape index (κ2) is 11.6. The first kappa shape index (κ1) is 21.2. The van der Waals surface area contributed by atoms with Crippen LogP contribution in [0.15, 0.2) is 60.7 Å². The monoisotopic (exact) mass is 363 g/mol. The second-order valence-corrected chi connectivity index (χ2v) is 7.11. The minimum atomic E-state index is -1.08. The molecule has 2 aromatic rings. The van der Waals surface area contributed by atoms with Crippen LogP contribution in [0.5, 0.6) is 0 Å². The van der Waals surface area contributed by atoms with E-state index in [9.17, 15) is 5.11 Å². The number of rotatable bonds is 10. The van der Waals surface area contributed by atoms with E-state index in [1.165, 1.54) is 25.7 Å². The van der Waals surface area contributed by atoms with Crippen LogP contribution in [0.4, 0.5) is 0 Å². The van der Waals surface area contributed by atoms with Crippen molar-refractivity contribution in [2.45, 2.75) is 51.6 Å². The zero-order valence-corrected chi connectivity index (χ0v) is 16.8. The molecule has 144 valence electrons. The van der Waals surface area contributed by atoms with Crippen LogP contribution in [0.3, 0.4) is 0 Å². The Morgan fingerprint density at radius 3 is 1.70 bits per heavy atom. The lowest BCUT2D eigenvalue weighted by Crippen LogP contribution is -2.28. The summed E-state index contributed by atoms with van der Waals surface area (Å²) >= 11 is 0. The van der Waals surface area contributed by atoms with Gasteiger partial charge in [0, 0.05) is 6.42 Å². The van der Waals surface area contributed by atoms with Gasteiger partial charge in [0.2, 0.25) is 0 Å². The average molecular weight is 364 g/mol. The minimum Gasteiger partial charge on any atom is -0.379 e. The standard InChI is InChI=1S/C25H33NO/c1-3-5-20-26(21-6-4-2)22-14-13-19-25(27,23-15-9-7-10-16-23)24-17-11-8-12-18-24/h7-12,15-18,27H,3-6,19-22H2,1-2H3. The lowest BCUT2D eigenvalue weighted by Gasteiger charge is -2.27. The number of hydrogen-bond acceptors (Lipinski definition) is 2. The molecule has 0 bridgehead atoms. The summed E-state index contributed by atoms with van der Waals surface area (Å²) in [5, 5.41) is 11.5. The molecule has 0 aliphatic heterocycles. The molecule has 0 amide bonds. The van der Waals surface area contributed by atoms with Gasteiger partial charge in [-0.25, -0.2) is 0 Å². The van der Waals surface area contributed by atoms with E-state index in [0.717, 1.165) is 30.8 Å². The maximum absolute atomic E-state index is 11.5. The van der Waals surface area contributed by atoms with Gasteiger partial charge in [-0.3, -0.25) is 4.90 Å². The fourth-order valence-electron chi connectivity index (χ4n) is 3.19. The summed E-state index contributed by atoms with van der Waals surface area (Å²) in [6.07, 6.45) is 5.23. The van der Waals surface area contributed by atoms with Crippen LogP contribution in [0.25, 0.3) is 0 Å². The van der Waals surface area contributed by atoms with Gasteiger partial charge in [-0.05, 0) is 37.1 Å². The summed E-state index contributed by atoms with van der Waals surface area (Å²) in [4.78, 5) is 2.43. The fraction of sp³-hybridized carbons (Fsp3) is 0.440. The van der Waals surface area contributed by atoms with Gasteiger partial charge in [-0.15, -0.1) is 0 Å². The van der Waals surface area contributed by atoms with Crippen molar-refractivity contribution >= 4 is 0 Å². The van der Waals surface area contributed by atoms with E-state index in [0.29, 0.717) is 6.42 Å².